The number of non-ortho nitro benzene ring substituents is 1. The van der Waals surface area contributed by atoms with E-state index in [-0.39, 0.29) is 17.0 Å². The first-order valence-electron chi connectivity index (χ1n) is 10.9. The van der Waals surface area contributed by atoms with Crippen molar-refractivity contribution < 1.29 is 19.2 Å². The number of nitro groups is 1. The number of aryl methyl sites for hydroxylation is 1. The quantitative estimate of drug-likeness (QED) is 0.0715. The van der Waals surface area contributed by atoms with E-state index in [1.165, 1.54) is 24.3 Å². The molecule has 0 spiro atoms. The number of nitriles is 1. The number of carbonyl (C=O) groups is 2. The molecule has 1 N–H and O–H groups in total. The van der Waals surface area contributed by atoms with Crippen LogP contribution in [0.25, 0.3) is 16.8 Å². The van der Waals surface area contributed by atoms with Gasteiger partial charge in [-0.2, -0.15) is 5.26 Å². The second-order valence-electron chi connectivity index (χ2n) is 7.99. The van der Waals surface area contributed by atoms with Crippen molar-refractivity contribution in [3.63, 3.8) is 0 Å². The largest absolute Gasteiger partial charge is 0.422 e. The number of ether oxygens (including phenoxy) is 1. The molecule has 0 saturated heterocycles. The summed E-state index contributed by atoms with van der Waals surface area (Å²) in [7, 11) is 0. The summed E-state index contributed by atoms with van der Waals surface area (Å²) in [6.07, 6.45) is 1.39. The SMILES string of the molecule is Cc1cc([N+](=O)[O-])ccc1NC(=O)C(C#N)=Cc1ccc(OC(=O)c2cccc3ccccc23)c(Br)c1. The highest BCUT2D eigenvalue weighted by atomic mass is 79.9. The van der Waals surface area contributed by atoms with Gasteiger partial charge in [-0.25, -0.2) is 4.79 Å². The number of anilines is 1. The Hall–Kier alpha value is -4.81. The van der Waals surface area contributed by atoms with E-state index in [0.29, 0.717) is 26.9 Å². The first-order valence-corrected chi connectivity index (χ1v) is 11.7. The number of carbonyl (C=O) groups excluding carboxylic acids is 2. The van der Waals surface area contributed by atoms with Crippen molar-refractivity contribution in [1.29, 1.82) is 5.26 Å². The fraction of sp³-hybridized carbons (Fsp3) is 0.0357. The van der Waals surface area contributed by atoms with Crippen LogP contribution in [0.5, 0.6) is 5.75 Å². The molecule has 0 fully saturated rings. The van der Waals surface area contributed by atoms with Crippen molar-refractivity contribution in [2.75, 3.05) is 5.32 Å². The van der Waals surface area contributed by atoms with E-state index in [1.54, 1.807) is 37.3 Å². The molecule has 0 aliphatic carbocycles. The molecule has 0 aliphatic heterocycles. The van der Waals surface area contributed by atoms with Crippen LogP contribution in [0.15, 0.2) is 88.9 Å². The molecule has 37 heavy (non-hydrogen) atoms. The Kier molecular flexibility index (Phi) is 7.41. The van der Waals surface area contributed by atoms with Crippen LogP contribution in [0.3, 0.4) is 0 Å². The molecular formula is C28H18BrN3O5. The van der Waals surface area contributed by atoms with Crippen LogP contribution < -0.4 is 10.1 Å². The van der Waals surface area contributed by atoms with E-state index in [1.807, 2.05) is 36.4 Å². The molecule has 0 heterocycles. The predicted molar refractivity (Wildman–Crippen MR) is 143 cm³/mol. The zero-order valence-electron chi connectivity index (χ0n) is 19.4. The molecule has 4 aromatic carbocycles. The normalized spacial score (nSPS) is 11.0. The highest BCUT2D eigenvalue weighted by Crippen LogP contribution is 2.29. The molecule has 4 aromatic rings. The first-order chi connectivity index (χ1) is 17.8. The molecule has 4 rings (SSSR count). The fourth-order valence-corrected chi connectivity index (χ4v) is 4.13. The second-order valence-corrected chi connectivity index (χ2v) is 8.84. The number of rotatable bonds is 6. The molecule has 0 atom stereocenters. The Morgan fingerprint density at radius 2 is 1.81 bits per heavy atom. The van der Waals surface area contributed by atoms with Gasteiger partial charge in [-0.1, -0.05) is 42.5 Å². The molecular weight excluding hydrogens is 538 g/mol. The minimum atomic E-state index is -0.665. The van der Waals surface area contributed by atoms with E-state index in [0.717, 1.165) is 10.8 Å². The van der Waals surface area contributed by atoms with Crippen molar-refractivity contribution in [2.45, 2.75) is 6.92 Å². The summed E-state index contributed by atoms with van der Waals surface area (Å²) in [5.74, 6) is -0.905. The van der Waals surface area contributed by atoms with Gasteiger partial charge in [-0.05, 0) is 75.1 Å². The van der Waals surface area contributed by atoms with Gasteiger partial charge >= 0.3 is 5.97 Å². The van der Waals surface area contributed by atoms with Gasteiger partial charge in [0.05, 0.1) is 15.0 Å². The molecule has 182 valence electrons. The standard InChI is InChI=1S/C28H18BrN3O5/c1-17-13-21(32(35)36)10-11-25(17)31-27(33)20(16-30)14-18-9-12-26(24(29)15-18)37-28(34)23-8-4-6-19-5-2-3-7-22(19)23/h2-15H,1H3,(H,31,33). The average molecular weight is 556 g/mol. The van der Waals surface area contributed by atoms with Gasteiger partial charge in [0.2, 0.25) is 0 Å². The molecule has 8 nitrogen and oxygen atoms in total. The Balaban J connectivity index is 1.52. The zero-order chi connectivity index (χ0) is 26.5. The van der Waals surface area contributed by atoms with Gasteiger partial charge in [-0.3, -0.25) is 14.9 Å². The number of benzene rings is 4. The summed E-state index contributed by atoms with van der Waals surface area (Å²) in [5, 5.41) is 24.7. The fourth-order valence-electron chi connectivity index (χ4n) is 3.65. The average Bonchev–Trinajstić information content (AvgIpc) is 2.89. The summed E-state index contributed by atoms with van der Waals surface area (Å²) in [4.78, 5) is 35.9. The third-order valence-corrected chi connectivity index (χ3v) is 6.13. The molecule has 1 amide bonds. The minimum absolute atomic E-state index is 0.0994. The predicted octanol–water partition coefficient (Wildman–Crippen LogP) is 6.58. The summed E-state index contributed by atoms with van der Waals surface area (Å²) < 4.78 is 6.05. The van der Waals surface area contributed by atoms with E-state index >= 15 is 0 Å². The van der Waals surface area contributed by atoms with Gasteiger partial charge in [0.1, 0.15) is 17.4 Å². The van der Waals surface area contributed by atoms with Crippen LogP contribution in [-0.2, 0) is 4.79 Å². The van der Waals surface area contributed by atoms with Gasteiger partial charge in [-0.15, -0.1) is 0 Å². The Bertz CT molecular complexity index is 1630. The van der Waals surface area contributed by atoms with E-state index in [2.05, 4.69) is 21.2 Å². The molecule has 9 heteroatoms. The summed E-state index contributed by atoms with van der Waals surface area (Å²) >= 11 is 3.38. The molecule has 0 aliphatic rings. The monoisotopic (exact) mass is 555 g/mol. The van der Waals surface area contributed by atoms with Crippen LogP contribution >= 0.6 is 15.9 Å². The molecule has 0 saturated carbocycles. The smallest absolute Gasteiger partial charge is 0.344 e. The van der Waals surface area contributed by atoms with Crippen LogP contribution in [0.2, 0.25) is 0 Å². The van der Waals surface area contributed by atoms with Crippen LogP contribution in [0, 0.1) is 28.4 Å². The Labute approximate surface area is 220 Å². The van der Waals surface area contributed by atoms with Crippen molar-refractivity contribution in [3.8, 4) is 11.8 Å². The van der Waals surface area contributed by atoms with Crippen LogP contribution in [0.4, 0.5) is 11.4 Å². The minimum Gasteiger partial charge on any atom is -0.422 e. The number of nitro benzene ring substituents is 1. The van der Waals surface area contributed by atoms with Gasteiger partial charge in [0.15, 0.2) is 0 Å². The zero-order valence-corrected chi connectivity index (χ0v) is 21.0. The molecule has 0 unspecified atom stereocenters. The summed E-state index contributed by atoms with van der Waals surface area (Å²) in [6.45, 7) is 1.62. The van der Waals surface area contributed by atoms with Gasteiger partial charge in [0, 0.05) is 17.8 Å². The maximum atomic E-state index is 12.8. The van der Waals surface area contributed by atoms with E-state index < -0.39 is 16.8 Å². The van der Waals surface area contributed by atoms with Crippen LogP contribution in [0.1, 0.15) is 21.5 Å². The number of halogens is 1. The highest BCUT2D eigenvalue weighted by Gasteiger charge is 2.16. The maximum absolute atomic E-state index is 12.8. The number of nitrogens with zero attached hydrogens (tertiary/aromatic N) is 2. The number of fused-ring (bicyclic) bond motifs is 1. The first kappa shape index (κ1) is 25.3. The number of hydrogen-bond donors (Lipinski definition) is 1. The third kappa shape index (κ3) is 5.72. The van der Waals surface area contributed by atoms with Gasteiger partial charge in [0.25, 0.3) is 11.6 Å². The van der Waals surface area contributed by atoms with E-state index in [4.69, 9.17) is 4.74 Å². The molecule has 0 aromatic heterocycles. The lowest BCUT2D eigenvalue weighted by molar-refractivity contribution is -0.384. The van der Waals surface area contributed by atoms with Crippen LogP contribution in [-0.4, -0.2) is 16.8 Å². The third-order valence-electron chi connectivity index (χ3n) is 5.51. The van der Waals surface area contributed by atoms with Crippen molar-refractivity contribution in [2.24, 2.45) is 0 Å². The summed E-state index contributed by atoms with van der Waals surface area (Å²) in [6, 6.07) is 23.6. The molecule has 0 bridgehead atoms. The Morgan fingerprint density at radius 3 is 2.51 bits per heavy atom. The van der Waals surface area contributed by atoms with E-state index in [9.17, 15) is 25.0 Å². The maximum Gasteiger partial charge on any atom is 0.344 e. The van der Waals surface area contributed by atoms with Gasteiger partial charge < -0.3 is 10.1 Å². The lowest BCUT2D eigenvalue weighted by Gasteiger charge is -2.10. The number of hydrogen-bond acceptors (Lipinski definition) is 6. The lowest BCUT2D eigenvalue weighted by atomic mass is 10.0. The number of nitrogens with one attached hydrogen (secondary N) is 1. The van der Waals surface area contributed by atoms with Crippen molar-refractivity contribution >= 4 is 56.0 Å². The number of amides is 1. The van der Waals surface area contributed by atoms with Crippen molar-refractivity contribution in [3.05, 3.63) is 116 Å². The molecule has 0 radical (unpaired) electrons. The topological polar surface area (TPSA) is 122 Å². The number of esters is 1. The Morgan fingerprint density at radius 1 is 1.05 bits per heavy atom. The highest BCUT2D eigenvalue weighted by molar-refractivity contribution is 9.10. The second kappa shape index (κ2) is 10.8. The summed E-state index contributed by atoms with van der Waals surface area (Å²) in [5.41, 5.74) is 1.51. The lowest BCUT2D eigenvalue weighted by Crippen LogP contribution is -2.14. The van der Waals surface area contributed by atoms with Crippen molar-refractivity contribution in [1.82, 2.24) is 0 Å².